The zero-order valence-corrected chi connectivity index (χ0v) is 16.2. The minimum Gasteiger partial charge on any atom is -0.367 e. The zero-order valence-electron chi connectivity index (χ0n) is 14.6. The van der Waals surface area contributed by atoms with Gasteiger partial charge in [-0.2, -0.15) is 0 Å². The fourth-order valence-corrected chi connectivity index (χ4v) is 3.67. The molecular formula is C18H19ClF2N4OS. The molecule has 1 aromatic carbocycles. The maximum Gasteiger partial charge on any atom is 0.251 e. The zero-order chi connectivity index (χ0) is 19.4. The summed E-state index contributed by atoms with van der Waals surface area (Å²) in [7, 11) is 0. The standard InChI is InChI=1S/C18H19ClF2N4OS/c1-27-18-24-15(19)9-16(25-18)22-11-3-5-12(6-4-11)23-17(26)10-2-7-13(20)14(21)8-10/h2,7-9,11-12H,3-6H2,1H3,(H,23,26)(H,22,24,25)/t11-,12+. The number of aromatic nitrogens is 2. The number of rotatable bonds is 5. The summed E-state index contributed by atoms with van der Waals surface area (Å²) < 4.78 is 26.3. The third kappa shape index (κ3) is 5.29. The second-order valence-electron chi connectivity index (χ2n) is 6.36. The first-order valence-corrected chi connectivity index (χ1v) is 10.2. The average molecular weight is 413 g/mol. The number of hydrogen-bond acceptors (Lipinski definition) is 5. The molecule has 0 bridgehead atoms. The highest BCUT2D eigenvalue weighted by Crippen LogP contribution is 2.24. The third-order valence-electron chi connectivity index (χ3n) is 4.45. The van der Waals surface area contributed by atoms with Crippen molar-refractivity contribution in [3.05, 3.63) is 46.6 Å². The fraction of sp³-hybridized carbons (Fsp3) is 0.389. The van der Waals surface area contributed by atoms with Crippen LogP contribution >= 0.6 is 23.4 Å². The Labute approximate surface area is 165 Å². The number of thioether (sulfide) groups is 1. The number of nitrogens with zero attached hydrogens (tertiary/aromatic N) is 2. The third-order valence-corrected chi connectivity index (χ3v) is 5.19. The highest BCUT2D eigenvalue weighted by atomic mass is 35.5. The van der Waals surface area contributed by atoms with E-state index < -0.39 is 17.5 Å². The lowest BCUT2D eigenvalue weighted by Crippen LogP contribution is -2.40. The first-order chi connectivity index (χ1) is 12.9. The lowest BCUT2D eigenvalue weighted by Gasteiger charge is -2.30. The van der Waals surface area contributed by atoms with E-state index in [1.807, 2.05) is 6.26 Å². The summed E-state index contributed by atoms with van der Waals surface area (Å²) in [5.41, 5.74) is 0.120. The van der Waals surface area contributed by atoms with E-state index in [-0.39, 0.29) is 17.6 Å². The molecule has 1 aliphatic rings. The monoisotopic (exact) mass is 412 g/mol. The van der Waals surface area contributed by atoms with Gasteiger partial charge in [-0.1, -0.05) is 23.4 Å². The van der Waals surface area contributed by atoms with Crippen molar-refractivity contribution in [1.29, 1.82) is 0 Å². The second-order valence-corrected chi connectivity index (χ2v) is 7.52. The van der Waals surface area contributed by atoms with Crippen LogP contribution in [0.5, 0.6) is 0 Å². The number of anilines is 1. The van der Waals surface area contributed by atoms with E-state index >= 15 is 0 Å². The van der Waals surface area contributed by atoms with Crippen molar-refractivity contribution >= 4 is 35.1 Å². The summed E-state index contributed by atoms with van der Waals surface area (Å²) >= 11 is 7.43. The lowest BCUT2D eigenvalue weighted by atomic mass is 9.91. The van der Waals surface area contributed by atoms with Crippen LogP contribution in [0.4, 0.5) is 14.6 Å². The molecule has 0 atom stereocenters. The Kier molecular flexibility index (Phi) is 6.49. The van der Waals surface area contributed by atoms with Crippen molar-refractivity contribution in [3.63, 3.8) is 0 Å². The largest absolute Gasteiger partial charge is 0.367 e. The molecule has 144 valence electrons. The fourth-order valence-electron chi connectivity index (χ4n) is 3.06. The first-order valence-electron chi connectivity index (χ1n) is 8.55. The number of carbonyl (C=O) groups excluding carboxylic acids is 1. The van der Waals surface area contributed by atoms with Crippen molar-refractivity contribution in [3.8, 4) is 0 Å². The number of nitrogens with one attached hydrogen (secondary N) is 2. The topological polar surface area (TPSA) is 66.9 Å². The normalized spacial score (nSPS) is 19.6. The summed E-state index contributed by atoms with van der Waals surface area (Å²) in [4.78, 5) is 20.7. The van der Waals surface area contributed by atoms with Crippen LogP contribution in [0, 0.1) is 11.6 Å². The number of hydrogen-bond donors (Lipinski definition) is 2. The molecule has 0 spiro atoms. The van der Waals surface area contributed by atoms with Gasteiger partial charge in [-0.3, -0.25) is 4.79 Å². The van der Waals surface area contributed by atoms with Gasteiger partial charge in [-0.05, 0) is 50.1 Å². The molecule has 27 heavy (non-hydrogen) atoms. The summed E-state index contributed by atoms with van der Waals surface area (Å²) in [5, 5.41) is 7.25. The first kappa shape index (κ1) is 19.8. The van der Waals surface area contributed by atoms with Crippen LogP contribution in [0.2, 0.25) is 5.15 Å². The lowest BCUT2D eigenvalue weighted by molar-refractivity contribution is 0.0926. The van der Waals surface area contributed by atoms with E-state index in [0.29, 0.717) is 16.1 Å². The predicted octanol–water partition coefficient (Wildman–Crippen LogP) is 4.28. The molecule has 2 N–H and O–H groups in total. The van der Waals surface area contributed by atoms with Crippen molar-refractivity contribution in [1.82, 2.24) is 15.3 Å². The molecule has 1 aromatic heterocycles. The highest BCUT2D eigenvalue weighted by molar-refractivity contribution is 7.98. The molecule has 1 heterocycles. The van der Waals surface area contributed by atoms with Crippen LogP contribution in [0.3, 0.4) is 0 Å². The minimum absolute atomic E-state index is 0.000546. The van der Waals surface area contributed by atoms with Crippen LogP contribution in [-0.4, -0.2) is 34.2 Å². The van der Waals surface area contributed by atoms with E-state index in [2.05, 4.69) is 20.6 Å². The van der Waals surface area contributed by atoms with E-state index in [9.17, 15) is 13.6 Å². The Morgan fingerprint density at radius 2 is 1.81 bits per heavy atom. The SMILES string of the molecule is CSc1nc(Cl)cc(N[C@H]2CC[C@@H](NC(=O)c3ccc(F)c(F)c3)CC2)n1. The average Bonchev–Trinajstić information content (AvgIpc) is 2.65. The molecule has 3 rings (SSSR count). The van der Waals surface area contributed by atoms with Gasteiger partial charge in [-0.25, -0.2) is 18.7 Å². The van der Waals surface area contributed by atoms with Gasteiger partial charge in [0.05, 0.1) is 0 Å². The summed E-state index contributed by atoms with van der Waals surface area (Å²) in [6, 6.07) is 5.07. The molecular weight excluding hydrogens is 394 g/mol. The van der Waals surface area contributed by atoms with Gasteiger partial charge in [0.1, 0.15) is 11.0 Å². The quantitative estimate of drug-likeness (QED) is 0.436. The van der Waals surface area contributed by atoms with Crippen LogP contribution in [-0.2, 0) is 0 Å². The molecule has 2 aromatic rings. The van der Waals surface area contributed by atoms with Crippen molar-refractivity contribution in [2.45, 2.75) is 42.9 Å². The predicted molar refractivity (Wildman–Crippen MR) is 102 cm³/mol. The Balaban J connectivity index is 1.52. The Morgan fingerprint density at radius 3 is 2.48 bits per heavy atom. The molecule has 1 fully saturated rings. The molecule has 0 unspecified atom stereocenters. The van der Waals surface area contributed by atoms with Crippen LogP contribution < -0.4 is 10.6 Å². The van der Waals surface area contributed by atoms with Gasteiger partial charge in [0, 0.05) is 23.7 Å². The van der Waals surface area contributed by atoms with Gasteiger partial charge in [0.25, 0.3) is 5.91 Å². The van der Waals surface area contributed by atoms with Gasteiger partial charge in [0.2, 0.25) is 0 Å². The summed E-state index contributed by atoms with van der Waals surface area (Å²) in [5.74, 6) is -1.69. The second kappa shape index (κ2) is 8.84. The molecule has 1 amide bonds. The Morgan fingerprint density at radius 1 is 1.11 bits per heavy atom. The van der Waals surface area contributed by atoms with Gasteiger partial charge in [0.15, 0.2) is 16.8 Å². The number of amides is 1. The highest BCUT2D eigenvalue weighted by Gasteiger charge is 2.23. The van der Waals surface area contributed by atoms with Crippen LogP contribution in [0.25, 0.3) is 0 Å². The van der Waals surface area contributed by atoms with Crippen molar-refractivity contribution < 1.29 is 13.6 Å². The smallest absolute Gasteiger partial charge is 0.251 e. The summed E-state index contributed by atoms with van der Waals surface area (Å²) in [6.07, 6.45) is 5.14. The van der Waals surface area contributed by atoms with Gasteiger partial charge >= 0.3 is 0 Å². The molecule has 0 saturated heterocycles. The van der Waals surface area contributed by atoms with Crippen LogP contribution in [0.15, 0.2) is 29.4 Å². The summed E-state index contributed by atoms with van der Waals surface area (Å²) in [6.45, 7) is 0. The molecule has 1 aliphatic carbocycles. The van der Waals surface area contributed by atoms with E-state index in [1.54, 1.807) is 6.07 Å². The number of carbonyl (C=O) groups is 1. The number of halogens is 3. The van der Waals surface area contributed by atoms with E-state index in [1.165, 1.54) is 17.8 Å². The molecule has 0 aliphatic heterocycles. The maximum absolute atomic E-state index is 13.3. The van der Waals surface area contributed by atoms with Crippen molar-refractivity contribution in [2.24, 2.45) is 0 Å². The molecule has 0 radical (unpaired) electrons. The maximum atomic E-state index is 13.3. The molecule has 9 heteroatoms. The minimum atomic E-state index is -1.02. The van der Waals surface area contributed by atoms with Crippen molar-refractivity contribution in [2.75, 3.05) is 11.6 Å². The Hall–Kier alpha value is -1.93. The van der Waals surface area contributed by atoms with Gasteiger partial charge in [-0.15, -0.1) is 0 Å². The van der Waals surface area contributed by atoms with E-state index in [4.69, 9.17) is 11.6 Å². The van der Waals surface area contributed by atoms with E-state index in [0.717, 1.165) is 37.8 Å². The Bertz CT molecular complexity index is 831. The number of benzene rings is 1. The van der Waals surface area contributed by atoms with Gasteiger partial charge < -0.3 is 10.6 Å². The van der Waals surface area contributed by atoms with Crippen LogP contribution in [0.1, 0.15) is 36.0 Å². The molecule has 5 nitrogen and oxygen atoms in total. The molecule has 1 saturated carbocycles.